The van der Waals surface area contributed by atoms with Crippen LogP contribution in [0.15, 0.2) is 47.1 Å². The molecular formula is C19H18N4O3. The topological polar surface area (TPSA) is 88.3 Å². The number of carbonyl (C=O) groups is 2. The summed E-state index contributed by atoms with van der Waals surface area (Å²) in [6.07, 6.45) is 4.70. The summed E-state index contributed by atoms with van der Waals surface area (Å²) in [6, 6.07) is 8.24. The van der Waals surface area contributed by atoms with Crippen molar-refractivity contribution < 1.29 is 14.0 Å². The molecule has 4 heterocycles. The lowest BCUT2D eigenvalue weighted by atomic mass is 10.0. The smallest absolute Gasteiger partial charge is 0.287 e. The minimum atomic E-state index is -0.584. The minimum absolute atomic E-state index is 0.136. The molecule has 3 aromatic heterocycles. The number of nitrogens with zero attached hydrogens (tertiary/aromatic N) is 3. The first kappa shape index (κ1) is 16.3. The molecule has 1 N–H and O–H groups in total. The van der Waals surface area contributed by atoms with Crippen molar-refractivity contribution in [3.05, 3.63) is 54.2 Å². The third-order valence-electron chi connectivity index (χ3n) is 4.44. The van der Waals surface area contributed by atoms with Crippen LogP contribution in [0.1, 0.15) is 29.1 Å². The van der Waals surface area contributed by atoms with Crippen LogP contribution in [0, 0.1) is 6.92 Å². The van der Waals surface area contributed by atoms with E-state index in [4.69, 9.17) is 4.42 Å². The molecule has 1 unspecified atom stereocenters. The summed E-state index contributed by atoms with van der Waals surface area (Å²) < 4.78 is 5.56. The number of piperidine rings is 1. The highest BCUT2D eigenvalue weighted by atomic mass is 16.3. The van der Waals surface area contributed by atoms with Crippen LogP contribution in [-0.2, 0) is 4.79 Å². The summed E-state index contributed by atoms with van der Waals surface area (Å²) in [4.78, 5) is 35.3. The number of anilines is 1. The molecule has 0 spiro atoms. The largest absolute Gasteiger partial charge is 0.449 e. The van der Waals surface area contributed by atoms with Gasteiger partial charge in [-0.1, -0.05) is 0 Å². The van der Waals surface area contributed by atoms with Gasteiger partial charge in [0.25, 0.3) is 5.91 Å². The predicted molar refractivity (Wildman–Crippen MR) is 95.8 cm³/mol. The lowest BCUT2D eigenvalue weighted by Gasteiger charge is -2.32. The van der Waals surface area contributed by atoms with Crippen LogP contribution in [0.25, 0.3) is 11.1 Å². The van der Waals surface area contributed by atoms with Crippen molar-refractivity contribution in [2.75, 3.05) is 11.4 Å². The van der Waals surface area contributed by atoms with Crippen LogP contribution in [-0.4, -0.2) is 34.4 Å². The second-order valence-electron chi connectivity index (χ2n) is 6.32. The number of fused-ring (bicyclic) bond motifs is 1. The van der Waals surface area contributed by atoms with Crippen LogP contribution in [0.4, 0.5) is 5.69 Å². The van der Waals surface area contributed by atoms with Gasteiger partial charge >= 0.3 is 0 Å². The first-order valence-corrected chi connectivity index (χ1v) is 8.51. The third kappa shape index (κ3) is 3.03. The van der Waals surface area contributed by atoms with E-state index in [2.05, 4.69) is 15.3 Å². The van der Waals surface area contributed by atoms with Crippen molar-refractivity contribution in [2.24, 2.45) is 0 Å². The van der Waals surface area contributed by atoms with Gasteiger partial charge in [-0.05, 0) is 44.0 Å². The fraction of sp³-hybridized carbons (Fsp3) is 0.263. The van der Waals surface area contributed by atoms with Crippen molar-refractivity contribution >= 4 is 28.6 Å². The normalized spacial score (nSPS) is 17.5. The second kappa shape index (κ2) is 6.59. The molecule has 1 aliphatic heterocycles. The van der Waals surface area contributed by atoms with E-state index in [0.29, 0.717) is 24.1 Å². The first-order chi connectivity index (χ1) is 12.6. The molecule has 1 fully saturated rings. The summed E-state index contributed by atoms with van der Waals surface area (Å²) >= 11 is 0. The van der Waals surface area contributed by atoms with Crippen molar-refractivity contribution in [1.29, 1.82) is 0 Å². The maximum atomic E-state index is 12.8. The fourth-order valence-electron chi connectivity index (χ4n) is 3.15. The van der Waals surface area contributed by atoms with Gasteiger partial charge in [-0.15, -0.1) is 0 Å². The van der Waals surface area contributed by atoms with Crippen LogP contribution in [0.2, 0.25) is 0 Å². The molecule has 132 valence electrons. The monoisotopic (exact) mass is 350 g/mol. The van der Waals surface area contributed by atoms with E-state index in [1.165, 1.54) is 0 Å². The SMILES string of the molecule is Cc1ccc2oc(C(=O)NC3CCCN(c4cccnc4)C3=O)cc2n1. The minimum Gasteiger partial charge on any atom is -0.449 e. The maximum Gasteiger partial charge on any atom is 0.287 e. The molecule has 2 amide bonds. The standard InChI is InChI=1S/C19H18N4O3/c1-12-6-7-16-15(21-12)10-17(26-16)18(24)22-14-5-3-9-23(19(14)25)13-4-2-8-20-11-13/h2,4,6-8,10-11,14H,3,5,9H2,1H3,(H,22,24). The predicted octanol–water partition coefficient (Wildman–Crippen LogP) is 2.46. The van der Waals surface area contributed by atoms with Gasteiger partial charge in [0.1, 0.15) is 11.6 Å². The van der Waals surface area contributed by atoms with E-state index in [1.54, 1.807) is 35.5 Å². The highest BCUT2D eigenvalue weighted by Gasteiger charge is 2.31. The molecule has 1 aliphatic rings. The molecule has 0 bridgehead atoms. The molecular weight excluding hydrogens is 332 g/mol. The third-order valence-corrected chi connectivity index (χ3v) is 4.44. The first-order valence-electron chi connectivity index (χ1n) is 8.51. The number of hydrogen-bond acceptors (Lipinski definition) is 5. The van der Waals surface area contributed by atoms with E-state index < -0.39 is 11.9 Å². The number of furan rings is 1. The summed E-state index contributed by atoms with van der Waals surface area (Å²) in [5.41, 5.74) is 2.76. The number of amides is 2. The van der Waals surface area contributed by atoms with Gasteiger partial charge in [0.05, 0.1) is 11.9 Å². The average molecular weight is 350 g/mol. The Hall–Kier alpha value is -3.22. The molecule has 0 saturated carbocycles. The van der Waals surface area contributed by atoms with Crippen LogP contribution >= 0.6 is 0 Å². The highest BCUT2D eigenvalue weighted by Crippen LogP contribution is 2.21. The Morgan fingerprint density at radius 1 is 1.35 bits per heavy atom. The lowest BCUT2D eigenvalue weighted by molar-refractivity contribution is -0.121. The Bertz CT molecular complexity index is 967. The molecule has 26 heavy (non-hydrogen) atoms. The number of hydrogen-bond donors (Lipinski definition) is 1. The zero-order chi connectivity index (χ0) is 18.1. The number of aryl methyl sites for hydroxylation is 1. The van der Waals surface area contributed by atoms with E-state index >= 15 is 0 Å². The Labute approximate surface area is 150 Å². The molecule has 0 radical (unpaired) electrons. The Morgan fingerprint density at radius 3 is 3.04 bits per heavy atom. The van der Waals surface area contributed by atoms with Crippen LogP contribution in [0.5, 0.6) is 0 Å². The van der Waals surface area contributed by atoms with Crippen molar-refractivity contribution in [3.8, 4) is 0 Å². The van der Waals surface area contributed by atoms with Gasteiger partial charge in [-0.25, -0.2) is 4.98 Å². The number of rotatable bonds is 3. The lowest BCUT2D eigenvalue weighted by Crippen LogP contribution is -2.52. The van der Waals surface area contributed by atoms with E-state index in [0.717, 1.165) is 17.8 Å². The van der Waals surface area contributed by atoms with Crippen molar-refractivity contribution in [2.45, 2.75) is 25.8 Å². The number of aromatic nitrogens is 2. The highest BCUT2D eigenvalue weighted by molar-refractivity contribution is 6.02. The van der Waals surface area contributed by atoms with E-state index in [-0.39, 0.29) is 11.7 Å². The summed E-state index contributed by atoms with van der Waals surface area (Å²) in [7, 11) is 0. The van der Waals surface area contributed by atoms with Crippen molar-refractivity contribution in [1.82, 2.24) is 15.3 Å². The number of carbonyl (C=O) groups excluding carboxylic acids is 2. The van der Waals surface area contributed by atoms with Gasteiger partial charge in [0, 0.05) is 24.5 Å². The quantitative estimate of drug-likeness (QED) is 0.784. The van der Waals surface area contributed by atoms with Crippen LogP contribution in [0.3, 0.4) is 0 Å². The number of pyridine rings is 2. The molecule has 3 aromatic rings. The molecule has 1 saturated heterocycles. The molecule has 0 aromatic carbocycles. The molecule has 0 aliphatic carbocycles. The Kier molecular flexibility index (Phi) is 4.12. The van der Waals surface area contributed by atoms with Gasteiger partial charge in [-0.3, -0.25) is 14.6 Å². The van der Waals surface area contributed by atoms with Crippen molar-refractivity contribution in [3.63, 3.8) is 0 Å². The fourth-order valence-corrected chi connectivity index (χ4v) is 3.15. The van der Waals surface area contributed by atoms with E-state index in [9.17, 15) is 9.59 Å². The maximum absolute atomic E-state index is 12.8. The van der Waals surface area contributed by atoms with Gasteiger partial charge in [0.15, 0.2) is 11.3 Å². The summed E-state index contributed by atoms with van der Waals surface area (Å²) in [5, 5.41) is 2.79. The molecule has 1 atom stereocenters. The van der Waals surface area contributed by atoms with Gasteiger partial charge in [-0.2, -0.15) is 0 Å². The van der Waals surface area contributed by atoms with Crippen LogP contribution < -0.4 is 10.2 Å². The average Bonchev–Trinajstić information content (AvgIpc) is 3.07. The molecule has 4 rings (SSSR count). The summed E-state index contributed by atoms with van der Waals surface area (Å²) in [6.45, 7) is 2.49. The summed E-state index contributed by atoms with van der Waals surface area (Å²) in [5.74, 6) is -0.390. The Morgan fingerprint density at radius 2 is 2.23 bits per heavy atom. The Balaban J connectivity index is 1.52. The number of nitrogens with one attached hydrogen (secondary N) is 1. The zero-order valence-corrected chi connectivity index (χ0v) is 14.3. The molecule has 7 nitrogen and oxygen atoms in total. The zero-order valence-electron chi connectivity index (χ0n) is 14.3. The molecule has 7 heteroatoms. The van der Waals surface area contributed by atoms with E-state index in [1.807, 2.05) is 19.1 Å². The second-order valence-corrected chi connectivity index (χ2v) is 6.32. The van der Waals surface area contributed by atoms with Gasteiger partial charge < -0.3 is 14.6 Å². The van der Waals surface area contributed by atoms with Gasteiger partial charge in [0.2, 0.25) is 5.91 Å².